The molecule has 2 saturated heterocycles. The van der Waals surface area contributed by atoms with Crippen molar-refractivity contribution in [1.82, 2.24) is 25.5 Å². The monoisotopic (exact) mass is 629 g/mol. The SMILES string of the molecule is COCC1(NC(=S)NC2CCN(c3nc(OC[C@@H]4CCCN4C)nc4c3CCN(c3cccc5cccc(C)c35)C4)CC2)CC1. The van der Waals surface area contributed by atoms with Crippen LogP contribution >= 0.6 is 12.2 Å². The lowest BCUT2D eigenvalue weighted by atomic mass is 9.99. The third-order valence-corrected chi connectivity index (χ3v) is 10.5. The van der Waals surface area contributed by atoms with Crippen LogP contribution in [0.5, 0.6) is 6.01 Å². The van der Waals surface area contributed by atoms with Gasteiger partial charge in [0, 0.05) is 55.5 Å². The maximum atomic E-state index is 6.38. The van der Waals surface area contributed by atoms with Gasteiger partial charge in [-0.05, 0) is 94.7 Å². The molecule has 3 aromatic rings. The average Bonchev–Trinajstić information content (AvgIpc) is 3.67. The Morgan fingerprint density at radius 1 is 1.02 bits per heavy atom. The number of hydrogen-bond donors (Lipinski definition) is 2. The largest absolute Gasteiger partial charge is 0.462 e. The molecule has 1 aliphatic carbocycles. The van der Waals surface area contributed by atoms with E-state index in [1.165, 1.54) is 34.0 Å². The molecule has 3 fully saturated rings. The molecule has 3 aliphatic heterocycles. The Morgan fingerprint density at radius 3 is 2.56 bits per heavy atom. The molecule has 2 N–H and O–H groups in total. The van der Waals surface area contributed by atoms with Crippen LogP contribution < -0.4 is 25.2 Å². The minimum atomic E-state index is 0.0296. The number of rotatable bonds is 9. The van der Waals surface area contributed by atoms with Crippen LogP contribution in [0.4, 0.5) is 11.5 Å². The van der Waals surface area contributed by atoms with E-state index in [9.17, 15) is 0 Å². The van der Waals surface area contributed by atoms with Gasteiger partial charge in [0.25, 0.3) is 0 Å². The summed E-state index contributed by atoms with van der Waals surface area (Å²) in [6.45, 7) is 8.19. The van der Waals surface area contributed by atoms with Crippen molar-refractivity contribution in [2.45, 2.75) is 76.0 Å². The number of likely N-dealkylation sites (tertiary alicyclic amines) is 1. The number of ether oxygens (including phenoxy) is 2. The number of benzene rings is 2. The summed E-state index contributed by atoms with van der Waals surface area (Å²) in [6, 6.07) is 14.5. The molecule has 1 saturated carbocycles. The minimum Gasteiger partial charge on any atom is -0.462 e. The molecule has 1 aromatic heterocycles. The van der Waals surface area contributed by atoms with Crippen LogP contribution in [-0.4, -0.2) is 91.2 Å². The highest BCUT2D eigenvalue weighted by molar-refractivity contribution is 7.80. The van der Waals surface area contributed by atoms with Crippen LogP contribution in [-0.2, 0) is 17.7 Å². The predicted octanol–water partition coefficient (Wildman–Crippen LogP) is 4.59. The third-order valence-electron chi connectivity index (χ3n) is 10.3. The molecule has 7 rings (SSSR count). The van der Waals surface area contributed by atoms with Gasteiger partial charge in [0.2, 0.25) is 0 Å². The first-order valence-corrected chi connectivity index (χ1v) is 17.1. The molecule has 4 heterocycles. The molecular formula is C35H47N7O2S. The van der Waals surface area contributed by atoms with E-state index in [1.807, 2.05) is 0 Å². The van der Waals surface area contributed by atoms with Gasteiger partial charge in [-0.3, -0.25) is 0 Å². The van der Waals surface area contributed by atoms with E-state index in [4.69, 9.17) is 31.7 Å². The highest BCUT2D eigenvalue weighted by Crippen LogP contribution is 2.37. The summed E-state index contributed by atoms with van der Waals surface area (Å²) in [5, 5.41) is 10.5. The molecule has 0 unspecified atom stereocenters. The first kappa shape index (κ1) is 30.4. The third kappa shape index (κ3) is 6.55. The van der Waals surface area contributed by atoms with Crippen molar-refractivity contribution in [3.8, 4) is 6.01 Å². The van der Waals surface area contributed by atoms with Crippen molar-refractivity contribution in [3.63, 3.8) is 0 Å². The van der Waals surface area contributed by atoms with E-state index < -0.39 is 0 Å². The lowest BCUT2D eigenvalue weighted by Gasteiger charge is -2.37. The fourth-order valence-electron chi connectivity index (χ4n) is 7.48. The lowest BCUT2D eigenvalue weighted by molar-refractivity contribution is 0.165. The summed E-state index contributed by atoms with van der Waals surface area (Å²) in [7, 11) is 3.94. The first-order chi connectivity index (χ1) is 21.9. The van der Waals surface area contributed by atoms with E-state index >= 15 is 0 Å². The van der Waals surface area contributed by atoms with E-state index in [2.05, 4.69) is 75.7 Å². The number of anilines is 2. The lowest BCUT2D eigenvalue weighted by Crippen LogP contribution is -2.52. The van der Waals surface area contributed by atoms with E-state index in [0.717, 1.165) is 87.9 Å². The average molecular weight is 630 g/mol. The number of aryl methyl sites for hydroxylation is 1. The molecule has 240 valence electrons. The highest BCUT2D eigenvalue weighted by Gasteiger charge is 2.43. The van der Waals surface area contributed by atoms with Crippen molar-refractivity contribution >= 4 is 39.6 Å². The standard InChI is InChI=1S/C35H47N7O2S/c1-24-7-4-8-25-9-5-11-30(31(24)25)42-20-14-28-29(21-42)37-33(44-22-27-10-6-17-40(27)2)38-32(28)41-18-12-26(13-19-41)36-34(45)39-35(15-16-35)23-43-3/h4-5,7-9,11,26-27H,6,10,12-23H2,1-3H3,(H2,36,39,45)/t27-/m0/s1. The second-order valence-corrected chi connectivity index (χ2v) is 13.9. The van der Waals surface area contributed by atoms with Crippen molar-refractivity contribution in [2.75, 3.05) is 63.4 Å². The minimum absolute atomic E-state index is 0.0296. The number of likely N-dealkylation sites (N-methyl/N-ethyl adjacent to an activating group) is 1. The second kappa shape index (κ2) is 12.9. The number of thiocarbonyl (C=S) groups is 1. The molecule has 4 aliphatic rings. The van der Waals surface area contributed by atoms with Gasteiger partial charge in [-0.15, -0.1) is 0 Å². The van der Waals surface area contributed by atoms with Crippen molar-refractivity contribution in [3.05, 3.63) is 53.2 Å². The number of methoxy groups -OCH3 is 1. The van der Waals surface area contributed by atoms with Crippen molar-refractivity contribution in [2.24, 2.45) is 0 Å². The van der Waals surface area contributed by atoms with Crippen molar-refractivity contribution in [1.29, 1.82) is 0 Å². The number of aromatic nitrogens is 2. The Bertz CT molecular complexity index is 1530. The zero-order valence-corrected chi connectivity index (χ0v) is 27.8. The van der Waals surface area contributed by atoms with Gasteiger partial charge in [-0.1, -0.05) is 30.3 Å². The number of nitrogens with one attached hydrogen (secondary N) is 2. The Hall–Kier alpha value is -3.21. The first-order valence-electron chi connectivity index (χ1n) is 16.7. The maximum absolute atomic E-state index is 6.38. The van der Waals surface area contributed by atoms with Gasteiger partial charge in [0.15, 0.2) is 5.11 Å². The molecule has 2 aromatic carbocycles. The molecular weight excluding hydrogens is 582 g/mol. The molecule has 10 heteroatoms. The van der Waals surface area contributed by atoms with Crippen LogP contribution in [0.3, 0.4) is 0 Å². The summed E-state index contributed by atoms with van der Waals surface area (Å²) >= 11 is 5.69. The van der Waals surface area contributed by atoms with Crippen LogP contribution in [0, 0.1) is 6.92 Å². The molecule has 1 atom stereocenters. The molecule has 0 bridgehead atoms. The van der Waals surface area contributed by atoms with E-state index in [0.29, 0.717) is 31.3 Å². The quantitative estimate of drug-likeness (QED) is 0.329. The van der Waals surface area contributed by atoms with Gasteiger partial charge in [-0.25, -0.2) is 0 Å². The second-order valence-electron chi connectivity index (χ2n) is 13.5. The molecule has 0 radical (unpaired) electrons. The number of nitrogens with zero attached hydrogens (tertiary/aromatic N) is 5. The fraction of sp³-hybridized carbons (Fsp3) is 0.571. The smallest absolute Gasteiger partial charge is 0.318 e. The number of hydrogen-bond acceptors (Lipinski definition) is 8. The normalized spacial score (nSPS) is 21.5. The zero-order valence-electron chi connectivity index (χ0n) is 27.0. The van der Waals surface area contributed by atoms with Crippen LogP contribution in [0.25, 0.3) is 10.8 Å². The summed E-state index contributed by atoms with van der Waals surface area (Å²) in [5.74, 6) is 1.06. The Kier molecular flexibility index (Phi) is 8.72. The maximum Gasteiger partial charge on any atom is 0.318 e. The Balaban J connectivity index is 1.10. The van der Waals surface area contributed by atoms with Crippen LogP contribution in [0.15, 0.2) is 36.4 Å². The summed E-state index contributed by atoms with van der Waals surface area (Å²) in [4.78, 5) is 17.5. The van der Waals surface area contributed by atoms with Gasteiger partial charge < -0.3 is 34.8 Å². The summed E-state index contributed by atoms with van der Waals surface area (Å²) in [6.07, 6.45) is 7.51. The van der Waals surface area contributed by atoms with Crippen LogP contribution in [0.2, 0.25) is 0 Å². The number of fused-ring (bicyclic) bond motifs is 2. The highest BCUT2D eigenvalue weighted by atomic mass is 32.1. The fourth-order valence-corrected chi connectivity index (χ4v) is 7.86. The van der Waals surface area contributed by atoms with Gasteiger partial charge in [0.05, 0.1) is 24.4 Å². The summed E-state index contributed by atoms with van der Waals surface area (Å²) in [5.41, 5.74) is 4.97. The van der Waals surface area contributed by atoms with Gasteiger partial charge in [-0.2, -0.15) is 9.97 Å². The van der Waals surface area contributed by atoms with Crippen molar-refractivity contribution < 1.29 is 9.47 Å². The zero-order chi connectivity index (χ0) is 31.0. The van der Waals surface area contributed by atoms with E-state index in [1.54, 1.807) is 7.11 Å². The Morgan fingerprint density at radius 2 is 1.82 bits per heavy atom. The molecule has 0 spiro atoms. The topological polar surface area (TPSA) is 78.0 Å². The van der Waals surface area contributed by atoms with E-state index in [-0.39, 0.29) is 5.54 Å². The summed E-state index contributed by atoms with van der Waals surface area (Å²) < 4.78 is 11.8. The van der Waals surface area contributed by atoms with Gasteiger partial charge >= 0.3 is 6.01 Å². The van der Waals surface area contributed by atoms with Gasteiger partial charge in [0.1, 0.15) is 12.4 Å². The molecule has 0 amide bonds. The number of piperidine rings is 1. The molecule has 9 nitrogen and oxygen atoms in total. The predicted molar refractivity (Wildman–Crippen MR) is 185 cm³/mol. The Labute approximate surface area is 272 Å². The van der Waals surface area contributed by atoms with Crippen LogP contribution in [0.1, 0.15) is 55.3 Å². The molecule has 45 heavy (non-hydrogen) atoms.